The number of ether oxygens (including phenoxy) is 2. The molecule has 1 aromatic carbocycles. The maximum Gasteiger partial charge on any atom is 0.122 e. The van der Waals surface area contributed by atoms with Crippen LogP contribution in [0.15, 0.2) is 18.2 Å². The van der Waals surface area contributed by atoms with Crippen LogP contribution in [0, 0.1) is 12.8 Å². The molecule has 0 aliphatic carbocycles. The van der Waals surface area contributed by atoms with Crippen molar-refractivity contribution in [3.63, 3.8) is 0 Å². The van der Waals surface area contributed by atoms with Crippen LogP contribution in [0.5, 0.6) is 5.75 Å². The summed E-state index contributed by atoms with van der Waals surface area (Å²) in [6.45, 7) is 3.37. The summed E-state index contributed by atoms with van der Waals surface area (Å²) in [5.41, 5.74) is 2.37. The quantitative estimate of drug-likeness (QED) is 0.871. The van der Waals surface area contributed by atoms with Crippen molar-refractivity contribution < 1.29 is 14.6 Å². The summed E-state index contributed by atoms with van der Waals surface area (Å²) in [5.74, 6) is 1.08. The van der Waals surface area contributed by atoms with Crippen LogP contribution in [0.1, 0.15) is 17.5 Å². The van der Waals surface area contributed by atoms with Crippen molar-refractivity contribution in [1.82, 2.24) is 0 Å². The van der Waals surface area contributed by atoms with E-state index in [1.807, 2.05) is 12.1 Å². The molecule has 3 heteroatoms. The normalized spacial score (nSPS) is 24.6. The third-order valence-corrected chi connectivity index (χ3v) is 3.35. The van der Waals surface area contributed by atoms with Crippen molar-refractivity contribution in [1.29, 1.82) is 0 Å². The lowest BCUT2D eigenvalue weighted by atomic mass is 9.90. The summed E-state index contributed by atoms with van der Waals surface area (Å²) in [7, 11) is 1.68. The van der Waals surface area contributed by atoms with E-state index >= 15 is 0 Å². The van der Waals surface area contributed by atoms with Crippen molar-refractivity contribution >= 4 is 0 Å². The van der Waals surface area contributed by atoms with E-state index < -0.39 is 0 Å². The third kappa shape index (κ3) is 2.99. The maximum absolute atomic E-state index is 9.94. The molecule has 0 saturated carbocycles. The fourth-order valence-electron chi connectivity index (χ4n) is 2.33. The minimum atomic E-state index is -0.256. The Morgan fingerprint density at radius 3 is 3.00 bits per heavy atom. The van der Waals surface area contributed by atoms with Gasteiger partial charge in [0.15, 0.2) is 0 Å². The zero-order valence-corrected chi connectivity index (χ0v) is 10.5. The Kier molecular flexibility index (Phi) is 4.02. The van der Waals surface area contributed by atoms with Gasteiger partial charge in [0.05, 0.1) is 19.8 Å². The fraction of sp³-hybridized carbons (Fsp3) is 0.571. The van der Waals surface area contributed by atoms with Gasteiger partial charge in [0, 0.05) is 12.5 Å². The van der Waals surface area contributed by atoms with Gasteiger partial charge in [0.2, 0.25) is 0 Å². The van der Waals surface area contributed by atoms with Gasteiger partial charge >= 0.3 is 0 Å². The van der Waals surface area contributed by atoms with Gasteiger partial charge in [-0.05, 0) is 31.4 Å². The largest absolute Gasteiger partial charge is 0.496 e. The molecule has 1 heterocycles. The first-order valence-corrected chi connectivity index (χ1v) is 6.10. The molecular weight excluding hydrogens is 216 g/mol. The highest BCUT2D eigenvalue weighted by Gasteiger charge is 2.24. The summed E-state index contributed by atoms with van der Waals surface area (Å²) in [6.07, 6.45) is 1.29. The Morgan fingerprint density at radius 2 is 2.29 bits per heavy atom. The van der Waals surface area contributed by atoms with E-state index in [1.165, 1.54) is 5.56 Å². The van der Waals surface area contributed by atoms with Gasteiger partial charge in [-0.1, -0.05) is 17.7 Å². The van der Waals surface area contributed by atoms with Crippen molar-refractivity contribution in [3.05, 3.63) is 29.3 Å². The smallest absolute Gasteiger partial charge is 0.122 e. The zero-order valence-electron chi connectivity index (χ0n) is 10.5. The van der Waals surface area contributed by atoms with Crippen molar-refractivity contribution in [2.75, 3.05) is 20.3 Å². The van der Waals surface area contributed by atoms with Crippen LogP contribution in [0.2, 0.25) is 0 Å². The van der Waals surface area contributed by atoms with Crippen molar-refractivity contribution in [2.24, 2.45) is 5.92 Å². The second kappa shape index (κ2) is 5.52. The van der Waals surface area contributed by atoms with Crippen LogP contribution in [0.3, 0.4) is 0 Å². The Bertz CT molecular complexity index is 376. The van der Waals surface area contributed by atoms with Gasteiger partial charge < -0.3 is 14.6 Å². The van der Waals surface area contributed by atoms with Gasteiger partial charge in [-0.3, -0.25) is 0 Å². The Balaban J connectivity index is 2.13. The highest BCUT2D eigenvalue weighted by molar-refractivity contribution is 5.37. The number of aliphatic hydroxyl groups excluding tert-OH is 1. The van der Waals surface area contributed by atoms with Gasteiger partial charge in [0.25, 0.3) is 0 Å². The van der Waals surface area contributed by atoms with Crippen LogP contribution in [0.25, 0.3) is 0 Å². The van der Waals surface area contributed by atoms with Crippen LogP contribution >= 0.6 is 0 Å². The molecule has 0 radical (unpaired) electrons. The van der Waals surface area contributed by atoms with Crippen LogP contribution in [-0.4, -0.2) is 31.5 Å². The minimum absolute atomic E-state index is 0.180. The second-order valence-electron chi connectivity index (χ2n) is 4.71. The molecule has 1 aliphatic rings. The van der Waals surface area contributed by atoms with Gasteiger partial charge in [-0.15, -0.1) is 0 Å². The predicted molar refractivity (Wildman–Crippen MR) is 66.4 cm³/mol. The Hall–Kier alpha value is -1.06. The summed E-state index contributed by atoms with van der Waals surface area (Å²) < 4.78 is 10.8. The molecule has 1 saturated heterocycles. The van der Waals surface area contributed by atoms with E-state index in [0.717, 1.165) is 24.2 Å². The molecule has 0 spiro atoms. The molecule has 1 aromatic rings. The van der Waals surface area contributed by atoms with E-state index in [-0.39, 0.29) is 12.0 Å². The van der Waals surface area contributed by atoms with E-state index in [4.69, 9.17) is 9.47 Å². The molecule has 2 rings (SSSR count). The molecule has 1 aliphatic heterocycles. The Labute approximate surface area is 102 Å². The lowest BCUT2D eigenvalue weighted by Crippen LogP contribution is -2.33. The molecule has 2 atom stereocenters. The molecule has 1 fully saturated rings. The number of rotatable bonds is 3. The van der Waals surface area contributed by atoms with E-state index in [1.54, 1.807) is 7.11 Å². The van der Waals surface area contributed by atoms with Crippen molar-refractivity contribution in [3.8, 4) is 5.75 Å². The fourth-order valence-corrected chi connectivity index (χ4v) is 2.33. The lowest BCUT2D eigenvalue weighted by Gasteiger charge is -2.28. The molecule has 1 N–H and O–H groups in total. The maximum atomic E-state index is 9.94. The van der Waals surface area contributed by atoms with Crippen molar-refractivity contribution in [2.45, 2.75) is 25.9 Å². The predicted octanol–water partition coefficient (Wildman–Crippen LogP) is 1.94. The van der Waals surface area contributed by atoms with Gasteiger partial charge in [-0.2, -0.15) is 0 Å². The number of aliphatic hydroxyl groups is 1. The molecule has 0 amide bonds. The summed E-state index contributed by atoms with van der Waals surface area (Å²) >= 11 is 0. The summed E-state index contributed by atoms with van der Waals surface area (Å²) in [6, 6.07) is 6.15. The zero-order chi connectivity index (χ0) is 12.3. The number of methoxy groups -OCH3 is 1. The first-order valence-electron chi connectivity index (χ1n) is 6.10. The number of benzene rings is 1. The average Bonchev–Trinajstić information content (AvgIpc) is 2.32. The number of hydrogen-bond donors (Lipinski definition) is 1. The van der Waals surface area contributed by atoms with E-state index in [2.05, 4.69) is 13.0 Å². The monoisotopic (exact) mass is 236 g/mol. The first kappa shape index (κ1) is 12.4. The average molecular weight is 236 g/mol. The minimum Gasteiger partial charge on any atom is -0.496 e. The van der Waals surface area contributed by atoms with Crippen LogP contribution in [0.4, 0.5) is 0 Å². The highest BCUT2D eigenvalue weighted by atomic mass is 16.5. The molecule has 94 valence electrons. The van der Waals surface area contributed by atoms with Crippen LogP contribution in [-0.2, 0) is 11.2 Å². The molecule has 2 unspecified atom stereocenters. The number of aryl methyl sites for hydroxylation is 1. The molecular formula is C14H20O3. The van der Waals surface area contributed by atoms with Gasteiger partial charge in [0.1, 0.15) is 5.75 Å². The first-order chi connectivity index (χ1) is 8.20. The second-order valence-corrected chi connectivity index (χ2v) is 4.71. The van der Waals surface area contributed by atoms with E-state index in [0.29, 0.717) is 13.2 Å². The molecule has 0 bridgehead atoms. The highest BCUT2D eigenvalue weighted by Crippen LogP contribution is 2.26. The Morgan fingerprint density at radius 1 is 1.47 bits per heavy atom. The van der Waals surface area contributed by atoms with Gasteiger partial charge in [-0.25, -0.2) is 0 Å². The summed E-state index contributed by atoms with van der Waals surface area (Å²) in [4.78, 5) is 0. The summed E-state index contributed by atoms with van der Waals surface area (Å²) in [5, 5.41) is 9.94. The van der Waals surface area contributed by atoms with Crippen LogP contribution < -0.4 is 4.74 Å². The SMILES string of the molecule is COc1ccc(C)cc1CC1COCCC1O. The van der Waals surface area contributed by atoms with E-state index in [9.17, 15) is 5.11 Å². The standard InChI is InChI=1S/C14H20O3/c1-10-3-4-14(16-2)11(7-10)8-12-9-17-6-5-13(12)15/h3-4,7,12-13,15H,5-6,8-9H2,1-2H3. The lowest BCUT2D eigenvalue weighted by molar-refractivity contribution is -0.0351. The third-order valence-electron chi connectivity index (χ3n) is 3.35. The molecule has 17 heavy (non-hydrogen) atoms. The molecule has 3 nitrogen and oxygen atoms in total. The topological polar surface area (TPSA) is 38.7 Å². The number of hydrogen-bond acceptors (Lipinski definition) is 3. The molecule has 0 aromatic heterocycles.